The van der Waals surface area contributed by atoms with E-state index in [4.69, 9.17) is 9.85 Å². The van der Waals surface area contributed by atoms with Gasteiger partial charge in [-0.25, -0.2) is 0 Å². The highest BCUT2D eigenvalue weighted by Gasteiger charge is 2.40. The maximum Gasteiger partial charge on any atom is 0.186 e. The molecule has 1 aromatic carbocycles. The predicted octanol–water partition coefficient (Wildman–Crippen LogP) is 7.97. The van der Waals surface area contributed by atoms with Crippen molar-refractivity contribution in [2.24, 2.45) is 26.5 Å². The molecule has 1 atom stereocenters. The van der Waals surface area contributed by atoms with Crippen LogP contribution < -0.4 is 0 Å². The molecule has 4 rings (SSSR count). The van der Waals surface area contributed by atoms with Crippen molar-refractivity contribution in [3.05, 3.63) is 101 Å². The number of Topliss-reactive ketones (excluding diaryl/α,β-unsaturated/α-hetero) is 1. The summed E-state index contributed by atoms with van der Waals surface area (Å²) in [6.45, 7) is 15.2. The number of hydrogen-bond acceptors (Lipinski definition) is 4. The molecule has 4 nitrogen and oxygen atoms in total. The van der Waals surface area contributed by atoms with E-state index >= 15 is 0 Å². The number of fused-ring (bicyclic) bond motifs is 1. The molecule has 0 saturated heterocycles. The third-order valence-corrected chi connectivity index (χ3v) is 6.43. The van der Waals surface area contributed by atoms with Gasteiger partial charge in [-0.3, -0.25) is 4.79 Å². The van der Waals surface area contributed by atoms with E-state index in [1.54, 1.807) is 0 Å². The monoisotopic (exact) mass is 454 g/mol. The summed E-state index contributed by atoms with van der Waals surface area (Å²) in [5.74, 6) is 0.819. The molecule has 2 aliphatic carbocycles. The second kappa shape index (κ2) is 8.50. The molecule has 1 aliphatic heterocycles. The minimum absolute atomic E-state index is 0.0958. The molecule has 0 aromatic heterocycles. The highest BCUT2D eigenvalue weighted by Crippen LogP contribution is 2.46. The van der Waals surface area contributed by atoms with Gasteiger partial charge in [-0.2, -0.15) is 5.11 Å². The molecule has 4 heteroatoms. The van der Waals surface area contributed by atoms with Gasteiger partial charge in [0.15, 0.2) is 11.5 Å². The smallest absolute Gasteiger partial charge is 0.186 e. The molecule has 3 aliphatic rings. The number of nitrogens with zero attached hydrogens (tertiary/aromatic N) is 2. The second-order valence-corrected chi connectivity index (χ2v) is 11.5. The average Bonchev–Trinajstić information content (AvgIpc) is 3.11. The maximum absolute atomic E-state index is 13.5. The summed E-state index contributed by atoms with van der Waals surface area (Å²) in [6.07, 6.45) is 12.3. The molecule has 0 fully saturated rings. The van der Waals surface area contributed by atoms with E-state index in [1.165, 1.54) is 0 Å². The molecule has 0 N–H and O–H groups in total. The van der Waals surface area contributed by atoms with Gasteiger partial charge in [0.05, 0.1) is 5.69 Å². The minimum Gasteiger partial charge on any atom is -0.490 e. The fourth-order valence-electron chi connectivity index (χ4n) is 4.37. The third-order valence-electron chi connectivity index (χ3n) is 6.43. The van der Waals surface area contributed by atoms with E-state index in [9.17, 15) is 4.79 Å². The van der Waals surface area contributed by atoms with Crippen molar-refractivity contribution in [2.45, 2.75) is 48.5 Å². The summed E-state index contributed by atoms with van der Waals surface area (Å²) in [6, 6.07) is 9.68. The van der Waals surface area contributed by atoms with Crippen molar-refractivity contribution in [3.8, 4) is 0 Å². The van der Waals surface area contributed by atoms with Crippen molar-refractivity contribution in [1.82, 2.24) is 0 Å². The Bertz CT molecular complexity index is 1190. The minimum atomic E-state index is -0.314. The van der Waals surface area contributed by atoms with Crippen LogP contribution in [0.15, 0.2) is 111 Å². The Morgan fingerprint density at radius 2 is 1.56 bits per heavy atom. The van der Waals surface area contributed by atoms with Gasteiger partial charge in [-0.05, 0) is 42.0 Å². The third kappa shape index (κ3) is 4.54. The number of hydrogen-bond donors (Lipinski definition) is 0. The molecule has 1 aromatic rings. The summed E-state index contributed by atoms with van der Waals surface area (Å²) in [5.41, 5.74) is 4.05. The number of carbonyl (C=O) groups is 1. The van der Waals surface area contributed by atoms with E-state index in [2.05, 4.69) is 71.8 Å². The molecule has 0 radical (unpaired) electrons. The molecular weight excluding hydrogens is 420 g/mol. The lowest BCUT2D eigenvalue weighted by Crippen LogP contribution is -2.28. The molecule has 1 unspecified atom stereocenters. The fourth-order valence-corrected chi connectivity index (χ4v) is 4.37. The van der Waals surface area contributed by atoms with Gasteiger partial charge in [0.25, 0.3) is 0 Å². The fraction of sp³-hybridized carbons (Fsp3) is 0.367. The molecule has 1 heterocycles. The van der Waals surface area contributed by atoms with Crippen molar-refractivity contribution in [2.75, 3.05) is 6.61 Å². The van der Waals surface area contributed by atoms with Crippen LogP contribution in [0.3, 0.4) is 0 Å². The summed E-state index contributed by atoms with van der Waals surface area (Å²) in [5, 5.41) is 9.29. The highest BCUT2D eigenvalue weighted by molar-refractivity contribution is 6.11. The van der Waals surface area contributed by atoms with E-state index in [-0.39, 0.29) is 22.0 Å². The van der Waals surface area contributed by atoms with Crippen LogP contribution in [0.5, 0.6) is 0 Å². The Morgan fingerprint density at radius 3 is 2.15 bits per heavy atom. The van der Waals surface area contributed by atoms with Crippen LogP contribution in [0.2, 0.25) is 0 Å². The lowest BCUT2D eigenvalue weighted by Gasteiger charge is -2.31. The van der Waals surface area contributed by atoms with Gasteiger partial charge in [0.2, 0.25) is 0 Å². The van der Waals surface area contributed by atoms with Gasteiger partial charge >= 0.3 is 0 Å². The Morgan fingerprint density at radius 1 is 0.941 bits per heavy atom. The van der Waals surface area contributed by atoms with Crippen LogP contribution in [0, 0.1) is 16.2 Å². The number of carbonyl (C=O) groups excluding carboxylic acids is 1. The number of ketones is 1. The van der Waals surface area contributed by atoms with Gasteiger partial charge in [0.1, 0.15) is 12.3 Å². The zero-order valence-corrected chi connectivity index (χ0v) is 21.3. The molecule has 0 bridgehead atoms. The zero-order chi connectivity index (χ0) is 24.7. The summed E-state index contributed by atoms with van der Waals surface area (Å²) >= 11 is 0. The van der Waals surface area contributed by atoms with Gasteiger partial charge in [-0.15, -0.1) is 5.11 Å². The second-order valence-electron chi connectivity index (χ2n) is 11.5. The van der Waals surface area contributed by atoms with E-state index in [0.717, 1.165) is 33.7 Å². The standard InChI is InChI=1S/C30H34N2O2/c1-28(2,3)23-17-20(18-24(26(23)33)29(4,5)6)25(32-31-21-13-9-8-10-14-21)27-22-15-11-12-16-30(22,7)19-34-27/h8-18H,19H2,1-7H3. The summed E-state index contributed by atoms with van der Waals surface area (Å²) < 4.78 is 6.30. The van der Waals surface area contributed by atoms with Gasteiger partial charge in [0, 0.05) is 27.7 Å². The largest absolute Gasteiger partial charge is 0.490 e. The lowest BCUT2D eigenvalue weighted by atomic mass is 9.71. The summed E-state index contributed by atoms with van der Waals surface area (Å²) in [7, 11) is 0. The topological polar surface area (TPSA) is 51.0 Å². The Kier molecular flexibility index (Phi) is 5.97. The molecule has 0 spiro atoms. The van der Waals surface area contributed by atoms with Gasteiger partial charge in [-0.1, -0.05) is 84.0 Å². The van der Waals surface area contributed by atoms with Crippen LogP contribution in [0.25, 0.3) is 0 Å². The Hall–Kier alpha value is -3.27. The Labute approximate surface area is 203 Å². The van der Waals surface area contributed by atoms with Gasteiger partial charge < -0.3 is 4.74 Å². The van der Waals surface area contributed by atoms with Crippen LogP contribution in [-0.2, 0) is 9.53 Å². The van der Waals surface area contributed by atoms with E-state index in [1.807, 2.05) is 48.6 Å². The molecular formula is C30H34N2O2. The van der Waals surface area contributed by atoms with Crippen molar-refractivity contribution in [3.63, 3.8) is 0 Å². The number of benzene rings is 1. The van der Waals surface area contributed by atoms with Crippen LogP contribution in [-0.4, -0.2) is 12.4 Å². The van der Waals surface area contributed by atoms with Crippen LogP contribution in [0.4, 0.5) is 5.69 Å². The average molecular weight is 455 g/mol. The molecule has 34 heavy (non-hydrogen) atoms. The normalized spacial score (nSPS) is 22.7. The lowest BCUT2D eigenvalue weighted by molar-refractivity contribution is -0.114. The van der Waals surface area contributed by atoms with E-state index in [0.29, 0.717) is 12.3 Å². The number of ether oxygens (including phenoxy) is 1. The molecule has 0 amide bonds. The number of azo groups is 1. The maximum atomic E-state index is 13.5. The van der Waals surface area contributed by atoms with Crippen molar-refractivity contribution in [1.29, 1.82) is 0 Å². The van der Waals surface area contributed by atoms with E-state index < -0.39 is 0 Å². The Balaban J connectivity index is 2.00. The van der Waals surface area contributed by atoms with Crippen molar-refractivity contribution >= 4 is 11.5 Å². The predicted molar refractivity (Wildman–Crippen MR) is 137 cm³/mol. The highest BCUT2D eigenvalue weighted by atomic mass is 16.5. The first-order valence-corrected chi connectivity index (χ1v) is 11.8. The van der Waals surface area contributed by atoms with Crippen LogP contribution in [0.1, 0.15) is 48.5 Å². The summed E-state index contributed by atoms with van der Waals surface area (Å²) in [4.78, 5) is 13.5. The number of allylic oxidation sites excluding steroid dienone is 8. The molecule has 176 valence electrons. The first kappa shape index (κ1) is 23.9. The zero-order valence-electron chi connectivity index (χ0n) is 21.3. The van der Waals surface area contributed by atoms with Crippen LogP contribution >= 0.6 is 0 Å². The first-order chi connectivity index (χ1) is 15.9. The number of rotatable bonds is 3. The quantitative estimate of drug-likeness (QED) is 0.435. The molecule has 0 saturated carbocycles. The first-order valence-electron chi connectivity index (χ1n) is 11.8. The van der Waals surface area contributed by atoms with Crippen molar-refractivity contribution < 1.29 is 9.53 Å². The SMILES string of the molecule is CC(C)(C)C1=CC(=C(N=Nc2ccccc2)C2=C3C=CC=CC3(C)CO2)C=C(C(C)(C)C)C1=O.